The second kappa shape index (κ2) is 12.0. The number of nitriles is 1. The molecule has 0 saturated heterocycles. The van der Waals surface area contributed by atoms with Crippen LogP contribution in [-0.4, -0.2) is 46.4 Å². The third kappa shape index (κ3) is 5.46. The van der Waals surface area contributed by atoms with Gasteiger partial charge in [0.1, 0.15) is 33.4 Å². The highest BCUT2D eigenvalue weighted by molar-refractivity contribution is 7.20. The highest BCUT2D eigenvalue weighted by Crippen LogP contribution is 2.33. The van der Waals surface area contributed by atoms with Crippen molar-refractivity contribution in [2.75, 3.05) is 20.3 Å². The maximum absolute atomic E-state index is 14.2. The van der Waals surface area contributed by atoms with Gasteiger partial charge in [-0.3, -0.25) is 14.2 Å². The lowest BCUT2D eigenvalue weighted by atomic mass is 10.1. The molecule has 2 heterocycles. The minimum atomic E-state index is -1.28. The zero-order valence-corrected chi connectivity index (χ0v) is 22.1. The van der Waals surface area contributed by atoms with Crippen LogP contribution < -0.4 is 21.3 Å². The molecule has 11 nitrogen and oxygen atoms in total. The summed E-state index contributed by atoms with van der Waals surface area (Å²) in [5.41, 5.74) is -1.28. The van der Waals surface area contributed by atoms with E-state index < -0.39 is 41.1 Å². The van der Waals surface area contributed by atoms with E-state index in [0.717, 1.165) is 20.5 Å². The number of hydrogen-bond acceptors (Lipinski definition) is 8. The quantitative estimate of drug-likeness (QED) is 0.348. The van der Waals surface area contributed by atoms with E-state index in [4.69, 9.17) is 14.7 Å². The van der Waals surface area contributed by atoms with E-state index in [0.29, 0.717) is 0 Å². The molecule has 0 bridgehead atoms. The van der Waals surface area contributed by atoms with Crippen LogP contribution in [0.4, 0.5) is 4.39 Å². The first-order valence-corrected chi connectivity index (χ1v) is 12.5. The molecule has 202 valence electrons. The van der Waals surface area contributed by atoms with Gasteiger partial charge < -0.3 is 19.9 Å². The Kier molecular flexibility index (Phi) is 9.03. The van der Waals surface area contributed by atoms with Gasteiger partial charge in [-0.1, -0.05) is 0 Å². The first kappa shape index (κ1) is 28.5. The Morgan fingerprint density at radius 3 is 2.63 bits per heavy atom. The number of carboxylic acid groups (broad SMARTS) is 1. The summed E-state index contributed by atoms with van der Waals surface area (Å²) in [5.74, 6) is -2.19. The molecule has 3 aromatic rings. The molecule has 0 aliphatic rings. The molecule has 0 spiro atoms. The van der Waals surface area contributed by atoms with E-state index in [9.17, 15) is 28.7 Å². The molecule has 1 amide bonds. The fourth-order valence-electron chi connectivity index (χ4n) is 4.12. The molecule has 0 saturated carbocycles. The third-order valence-corrected chi connectivity index (χ3v) is 7.28. The molecule has 2 aromatic heterocycles. The summed E-state index contributed by atoms with van der Waals surface area (Å²) < 4.78 is 27.4. The van der Waals surface area contributed by atoms with Crippen LogP contribution in [-0.2, 0) is 16.1 Å². The number of rotatable bonds is 11. The van der Waals surface area contributed by atoms with Crippen molar-refractivity contribution in [2.24, 2.45) is 0 Å². The number of aromatic carboxylic acids is 1. The number of aryl methyl sites for hydroxylation is 1. The van der Waals surface area contributed by atoms with Crippen molar-refractivity contribution in [1.29, 1.82) is 5.26 Å². The van der Waals surface area contributed by atoms with Crippen LogP contribution in [0.5, 0.6) is 5.75 Å². The van der Waals surface area contributed by atoms with E-state index >= 15 is 0 Å². The maximum Gasteiger partial charge on any atom is 0.346 e. The number of aromatic nitrogens is 2. The van der Waals surface area contributed by atoms with Crippen molar-refractivity contribution >= 4 is 33.4 Å². The van der Waals surface area contributed by atoms with Crippen LogP contribution in [0.25, 0.3) is 10.2 Å². The molecule has 1 aromatic carbocycles. The number of likely N-dealkylation sites (N-methyl/N-ethyl adjacent to an activating group) is 1. The largest absolute Gasteiger partial charge is 0.496 e. The van der Waals surface area contributed by atoms with Gasteiger partial charge in [0.15, 0.2) is 0 Å². The zero-order valence-electron chi connectivity index (χ0n) is 21.2. The fourth-order valence-corrected chi connectivity index (χ4v) is 5.26. The van der Waals surface area contributed by atoms with Gasteiger partial charge in [0.2, 0.25) is 5.91 Å². The molecule has 0 radical (unpaired) electrons. The molecule has 3 rings (SSSR count). The van der Waals surface area contributed by atoms with E-state index in [-0.39, 0.29) is 58.1 Å². The molecule has 0 unspecified atom stereocenters. The number of ether oxygens (including phenoxy) is 2. The molecule has 0 fully saturated rings. The normalized spacial score (nSPS) is 12.6. The van der Waals surface area contributed by atoms with Gasteiger partial charge in [0.05, 0.1) is 38.1 Å². The lowest BCUT2D eigenvalue weighted by Crippen LogP contribution is -2.46. The summed E-state index contributed by atoms with van der Waals surface area (Å²) in [6, 6.07) is 4.49. The highest BCUT2D eigenvalue weighted by Gasteiger charge is 2.29. The molecular formula is C25H27FN4O7S. The molecule has 38 heavy (non-hydrogen) atoms. The number of benzene rings is 1. The minimum Gasteiger partial charge on any atom is -0.496 e. The predicted molar refractivity (Wildman–Crippen MR) is 137 cm³/mol. The van der Waals surface area contributed by atoms with Crippen molar-refractivity contribution in [3.63, 3.8) is 0 Å². The Bertz CT molecular complexity index is 1540. The first-order chi connectivity index (χ1) is 18.1. The van der Waals surface area contributed by atoms with Crippen molar-refractivity contribution in [1.82, 2.24) is 14.5 Å². The molecule has 2 atom stereocenters. The SMILES string of the molecule is CCNC(=O)[C@@H](C)n1c(=O)c2c(C)c(C(=O)O)sc2n(C[C@H](OCCC#N)c2cc(F)ccc2OC)c1=O. The maximum atomic E-state index is 14.2. The topological polar surface area (TPSA) is 153 Å². The second-order valence-electron chi connectivity index (χ2n) is 8.33. The monoisotopic (exact) mass is 546 g/mol. The zero-order chi connectivity index (χ0) is 28.1. The standard InChI is InChI=1S/C25H27FN4O7S/c1-5-28-21(31)14(3)30-22(32)19-13(2)20(24(33)34)38-23(19)29(25(30)35)12-18(37-10-6-9-27)16-11-15(26)7-8-17(16)36-4/h7-8,11,14,18H,5-6,10,12H2,1-4H3,(H,28,31)(H,33,34)/t14-,18+/m1/s1. The van der Waals surface area contributed by atoms with Crippen molar-refractivity contribution in [2.45, 2.75) is 45.9 Å². The van der Waals surface area contributed by atoms with E-state index in [1.54, 1.807) is 6.92 Å². The van der Waals surface area contributed by atoms with E-state index in [1.165, 1.54) is 39.2 Å². The van der Waals surface area contributed by atoms with Crippen molar-refractivity contribution < 1.29 is 28.6 Å². The van der Waals surface area contributed by atoms with E-state index in [1.807, 2.05) is 6.07 Å². The Balaban J connectivity index is 2.33. The van der Waals surface area contributed by atoms with Gasteiger partial charge in [-0.05, 0) is 44.5 Å². The van der Waals surface area contributed by atoms with Crippen LogP contribution in [0.2, 0.25) is 0 Å². The molecule has 0 aliphatic heterocycles. The first-order valence-electron chi connectivity index (χ1n) is 11.7. The van der Waals surface area contributed by atoms with Gasteiger partial charge in [0, 0.05) is 12.1 Å². The Morgan fingerprint density at radius 1 is 1.32 bits per heavy atom. The number of carbonyl (C=O) groups excluding carboxylic acids is 1. The van der Waals surface area contributed by atoms with Crippen molar-refractivity contribution in [3.8, 4) is 11.8 Å². The third-order valence-electron chi connectivity index (χ3n) is 5.97. The lowest BCUT2D eigenvalue weighted by Gasteiger charge is -2.23. The predicted octanol–water partition coefficient (Wildman–Crippen LogP) is 2.75. The van der Waals surface area contributed by atoms with Gasteiger partial charge in [-0.2, -0.15) is 5.26 Å². The summed E-state index contributed by atoms with van der Waals surface area (Å²) in [7, 11) is 1.38. The number of hydrogen-bond donors (Lipinski definition) is 2. The molecule has 2 N–H and O–H groups in total. The smallest absolute Gasteiger partial charge is 0.346 e. The van der Waals surface area contributed by atoms with Gasteiger partial charge in [-0.25, -0.2) is 18.5 Å². The number of amides is 1. The van der Waals surface area contributed by atoms with Crippen LogP contribution in [0.15, 0.2) is 27.8 Å². The Labute approximate surface area is 220 Å². The molecular weight excluding hydrogens is 519 g/mol. The highest BCUT2D eigenvalue weighted by atomic mass is 32.1. The summed E-state index contributed by atoms with van der Waals surface area (Å²) in [6.07, 6.45) is -1.02. The number of carboxylic acids is 1. The van der Waals surface area contributed by atoms with Crippen LogP contribution in [0.1, 0.15) is 53.2 Å². The number of fused-ring (bicyclic) bond motifs is 1. The number of thiophene rings is 1. The lowest BCUT2D eigenvalue weighted by molar-refractivity contribution is -0.123. The summed E-state index contributed by atoms with van der Waals surface area (Å²) in [5, 5.41) is 21.2. The fraction of sp³-hybridized carbons (Fsp3) is 0.400. The number of methoxy groups -OCH3 is 1. The van der Waals surface area contributed by atoms with Crippen LogP contribution in [0, 0.1) is 24.1 Å². The molecule has 13 heteroatoms. The Hall–Kier alpha value is -4.02. The number of nitrogens with zero attached hydrogens (tertiary/aromatic N) is 3. The Morgan fingerprint density at radius 2 is 2.03 bits per heavy atom. The van der Waals surface area contributed by atoms with Crippen LogP contribution in [0.3, 0.4) is 0 Å². The number of carbonyl (C=O) groups is 2. The second-order valence-corrected chi connectivity index (χ2v) is 9.33. The van der Waals surface area contributed by atoms with Gasteiger partial charge >= 0.3 is 11.7 Å². The average Bonchev–Trinajstić information content (AvgIpc) is 3.23. The average molecular weight is 547 g/mol. The van der Waals surface area contributed by atoms with Crippen LogP contribution >= 0.6 is 11.3 Å². The summed E-state index contributed by atoms with van der Waals surface area (Å²) in [4.78, 5) is 51.6. The molecule has 0 aliphatic carbocycles. The minimum absolute atomic E-state index is 0.00738. The van der Waals surface area contributed by atoms with Gasteiger partial charge in [0.25, 0.3) is 5.56 Å². The number of nitrogens with one attached hydrogen (secondary N) is 1. The summed E-state index contributed by atoms with van der Waals surface area (Å²) >= 11 is 0.741. The van der Waals surface area contributed by atoms with Crippen molar-refractivity contribution in [3.05, 3.63) is 60.9 Å². The number of halogens is 1. The summed E-state index contributed by atoms with van der Waals surface area (Å²) in [6.45, 7) is 4.45. The van der Waals surface area contributed by atoms with E-state index in [2.05, 4.69) is 5.32 Å². The van der Waals surface area contributed by atoms with Gasteiger partial charge in [-0.15, -0.1) is 11.3 Å².